The van der Waals surface area contributed by atoms with Crippen LogP contribution in [-0.2, 0) is 16.6 Å². The number of hydrogen-bond acceptors (Lipinski definition) is 4. The van der Waals surface area contributed by atoms with Crippen LogP contribution in [0.25, 0.3) is 10.6 Å². The van der Waals surface area contributed by atoms with E-state index in [1.54, 1.807) is 22.7 Å². The zero-order valence-corrected chi connectivity index (χ0v) is 16.8. The van der Waals surface area contributed by atoms with E-state index in [2.05, 4.69) is 27.8 Å². The van der Waals surface area contributed by atoms with Crippen LogP contribution in [0.4, 0.5) is 0 Å². The summed E-state index contributed by atoms with van der Waals surface area (Å²) in [5, 5.41) is 7.00. The van der Waals surface area contributed by atoms with Crippen LogP contribution in [-0.4, -0.2) is 17.4 Å². The molecular weight excluding hydrogens is 384 g/mol. The fraction of sp³-hybridized carbons (Fsp3) is 0.300. The van der Waals surface area contributed by atoms with Crippen LogP contribution >= 0.6 is 34.3 Å². The molecule has 3 nitrogen and oxygen atoms in total. The number of rotatable bonds is 6. The Morgan fingerprint density at radius 2 is 2.00 bits per heavy atom. The number of benzene rings is 1. The Kier molecular flexibility index (Phi) is 4.86. The predicted octanol–water partition coefficient (Wildman–Crippen LogP) is 5.22. The lowest BCUT2D eigenvalue weighted by molar-refractivity contribution is -0.123. The quantitative estimate of drug-likeness (QED) is 0.613. The first-order chi connectivity index (χ1) is 12.6. The minimum absolute atomic E-state index is 0.131. The van der Waals surface area contributed by atoms with Crippen molar-refractivity contribution in [2.24, 2.45) is 0 Å². The fourth-order valence-electron chi connectivity index (χ4n) is 3.14. The van der Waals surface area contributed by atoms with E-state index >= 15 is 0 Å². The maximum Gasteiger partial charge on any atom is 0.230 e. The van der Waals surface area contributed by atoms with Crippen molar-refractivity contribution in [1.29, 1.82) is 0 Å². The van der Waals surface area contributed by atoms with Crippen molar-refractivity contribution < 1.29 is 4.79 Å². The molecule has 1 amide bonds. The van der Waals surface area contributed by atoms with E-state index in [1.807, 2.05) is 31.2 Å². The Morgan fingerprint density at radius 3 is 2.65 bits per heavy atom. The van der Waals surface area contributed by atoms with E-state index in [1.165, 1.54) is 9.75 Å². The predicted molar refractivity (Wildman–Crippen MR) is 109 cm³/mol. The van der Waals surface area contributed by atoms with Crippen molar-refractivity contribution in [3.05, 3.63) is 62.2 Å². The third kappa shape index (κ3) is 3.56. The highest BCUT2D eigenvalue weighted by Gasteiger charge is 2.50. The van der Waals surface area contributed by atoms with Crippen molar-refractivity contribution in [2.75, 3.05) is 6.54 Å². The number of carbonyl (C=O) groups excluding carboxylic acids is 1. The number of halogens is 1. The summed E-state index contributed by atoms with van der Waals surface area (Å²) in [6.07, 6.45) is 2.66. The van der Waals surface area contributed by atoms with E-state index in [9.17, 15) is 4.79 Å². The molecule has 0 unspecified atom stereocenters. The molecule has 3 aromatic rings. The van der Waals surface area contributed by atoms with Crippen molar-refractivity contribution >= 4 is 40.2 Å². The Labute approximate surface area is 166 Å². The van der Waals surface area contributed by atoms with Crippen LogP contribution in [0.1, 0.15) is 28.3 Å². The van der Waals surface area contributed by atoms with E-state index in [4.69, 9.17) is 11.6 Å². The van der Waals surface area contributed by atoms with Crippen LogP contribution in [0.3, 0.4) is 0 Å². The summed E-state index contributed by atoms with van der Waals surface area (Å²) in [4.78, 5) is 19.7. The van der Waals surface area contributed by atoms with Crippen LogP contribution < -0.4 is 5.32 Å². The standard InChI is InChI=1S/C20H19ClN2OS2/c1-13-23-17(12-25-13)18-7-6-16(26-18)8-11-22-19(24)20(9-10-20)14-2-4-15(21)5-3-14/h2-7,12H,8-11H2,1H3,(H,22,24). The van der Waals surface area contributed by atoms with Gasteiger partial charge < -0.3 is 5.32 Å². The number of aryl methyl sites for hydroxylation is 1. The van der Waals surface area contributed by atoms with Crippen LogP contribution in [0.2, 0.25) is 5.02 Å². The van der Waals surface area contributed by atoms with E-state index in [0.717, 1.165) is 35.5 Å². The van der Waals surface area contributed by atoms with E-state index in [0.29, 0.717) is 11.6 Å². The minimum atomic E-state index is -0.344. The van der Waals surface area contributed by atoms with Gasteiger partial charge in [-0.2, -0.15) is 0 Å². The van der Waals surface area contributed by atoms with Gasteiger partial charge >= 0.3 is 0 Å². The molecule has 26 heavy (non-hydrogen) atoms. The molecule has 0 aliphatic heterocycles. The van der Waals surface area contributed by atoms with Gasteiger partial charge in [-0.05, 0) is 56.0 Å². The first-order valence-electron chi connectivity index (χ1n) is 8.62. The first kappa shape index (κ1) is 17.7. The number of nitrogens with one attached hydrogen (secondary N) is 1. The van der Waals surface area contributed by atoms with Gasteiger partial charge in [0.1, 0.15) is 0 Å². The number of nitrogens with zero attached hydrogens (tertiary/aromatic N) is 1. The number of thiophene rings is 1. The zero-order valence-electron chi connectivity index (χ0n) is 14.4. The van der Waals surface area contributed by atoms with Crippen LogP contribution in [0, 0.1) is 6.92 Å². The number of aromatic nitrogens is 1. The van der Waals surface area contributed by atoms with Crippen molar-refractivity contribution in [1.82, 2.24) is 10.3 Å². The third-order valence-electron chi connectivity index (χ3n) is 4.77. The fourth-order valence-corrected chi connectivity index (χ4v) is 4.92. The summed E-state index contributed by atoms with van der Waals surface area (Å²) < 4.78 is 0. The molecule has 0 radical (unpaired) electrons. The van der Waals surface area contributed by atoms with Gasteiger partial charge in [0.25, 0.3) is 0 Å². The molecule has 134 valence electrons. The van der Waals surface area contributed by atoms with Gasteiger partial charge in [-0.25, -0.2) is 4.98 Å². The molecule has 4 rings (SSSR count). The summed E-state index contributed by atoms with van der Waals surface area (Å²) >= 11 is 9.38. The number of carbonyl (C=O) groups is 1. The molecule has 1 N–H and O–H groups in total. The average Bonchev–Trinajstić information content (AvgIpc) is 3.11. The summed E-state index contributed by atoms with van der Waals surface area (Å²) in [5.41, 5.74) is 1.77. The number of amides is 1. The van der Waals surface area contributed by atoms with Crippen LogP contribution in [0.15, 0.2) is 41.8 Å². The van der Waals surface area contributed by atoms with Gasteiger partial charge in [0, 0.05) is 21.8 Å². The molecular formula is C20H19ClN2OS2. The number of hydrogen-bond donors (Lipinski definition) is 1. The van der Waals surface area contributed by atoms with Gasteiger partial charge in [-0.3, -0.25) is 4.79 Å². The highest BCUT2D eigenvalue weighted by molar-refractivity contribution is 7.16. The van der Waals surface area contributed by atoms with Gasteiger partial charge in [0.2, 0.25) is 5.91 Å². The monoisotopic (exact) mass is 402 g/mol. The lowest BCUT2D eigenvalue weighted by atomic mass is 9.95. The molecule has 0 spiro atoms. The molecule has 6 heteroatoms. The van der Waals surface area contributed by atoms with Crippen LogP contribution in [0.5, 0.6) is 0 Å². The average molecular weight is 403 g/mol. The summed E-state index contributed by atoms with van der Waals surface area (Å²) in [6.45, 7) is 2.68. The molecule has 1 aliphatic carbocycles. The van der Waals surface area contributed by atoms with Crippen molar-refractivity contribution in [3.8, 4) is 10.6 Å². The lowest BCUT2D eigenvalue weighted by Crippen LogP contribution is -2.35. The van der Waals surface area contributed by atoms with Crippen molar-refractivity contribution in [3.63, 3.8) is 0 Å². The smallest absolute Gasteiger partial charge is 0.230 e. The zero-order chi connectivity index (χ0) is 18.1. The Morgan fingerprint density at radius 1 is 1.23 bits per heavy atom. The molecule has 2 aromatic heterocycles. The lowest BCUT2D eigenvalue weighted by Gasteiger charge is -2.15. The van der Waals surface area contributed by atoms with Gasteiger partial charge in [-0.15, -0.1) is 22.7 Å². The largest absolute Gasteiger partial charge is 0.355 e. The Hall–Kier alpha value is -1.69. The molecule has 0 bridgehead atoms. The van der Waals surface area contributed by atoms with Gasteiger partial charge in [-0.1, -0.05) is 23.7 Å². The summed E-state index contributed by atoms with van der Waals surface area (Å²) in [7, 11) is 0. The maximum atomic E-state index is 12.7. The van der Waals surface area contributed by atoms with Gasteiger partial charge in [0.05, 0.1) is 21.0 Å². The minimum Gasteiger partial charge on any atom is -0.355 e. The van der Waals surface area contributed by atoms with Crippen molar-refractivity contribution in [2.45, 2.75) is 31.6 Å². The molecule has 0 atom stereocenters. The third-order valence-corrected chi connectivity index (χ3v) is 6.96. The topological polar surface area (TPSA) is 42.0 Å². The molecule has 1 aliphatic rings. The maximum absolute atomic E-state index is 12.7. The molecule has 1 saturated carbocycles. The first-order valence-corrected chi connectivity index (χ1v) is 10.7. The second-order valence-electron chi connectivity index (χ2n) is 6.61. The van der Waals surface area contributed by atoms with E-state index in [-0.39, 0.29) is 11.3 Å². The SMILES string of the molecule is Cc1nc(-c2ccc(CCNC(=O)C3(c4ccc(Cl)cc4)CC3)s2)cs1. The molecule has 2 heterocycles. The molecule has 1 aromatic carbocycles. The summed E-state index contributed by atoms with van der Waals surface area (Å²) in [5.74, 6) is 0.131. The Bertz CT molecular complexity index is 925. The van der Waals surface area contributed by atoms with E-state index < -0.39 is 0 Å². The highest BCUT2D eigenvalue weighted by atomic mass is 35.5. The second-order valence-corrected chi connectivity index (χ2v) is 9.28. The molecule has 1 fully saturated rings. The van der Waals surface area contributed by atoms with Gasteiger partial charge in [0.15, 0.2) is 0 Å². The normalized spacial score (nSPS) is 15.0. The summed E-state index contributed by atoms with van der Waals surface area (Å²) in [6, 6.07) is 11.9. The Balaban J connectivity index is 1.34. The number of thiazole rings is 1. The second kappa shape index (κ2) is 7.14. The molecule has 0 saturated heterocycles. The highest BCUT2D eigenvalue weighted by Crippen LogP contribution is 2.48.